The van der Waals surface area contributed by atoms with E-state index in [2.05, 4.69) is 18.9 Å². The minimum absolute atomic E-state index is 0.0294. The Balaban J connectivity index is 1.73. The zero-order valence-electron chi connectivity index (χ0n) is 11.8. The van der Waals surface area contributed by atoms with Gasteiger partial charge in [0.15, 0.2) is 0 Å². The van der Waals surface area contributed by atoms with Crippen LogP contribution in [-0.4, -0.2) is 9.78 Å². The van der Waals surface area contributed by atoms with E-state index in [0.29, 0.717) is 6.04 Å². The Morgan fingerprint density at radius 3 is 2.79 bits per heavy atom. The topological polar surface area (TPSA) is 43.8 Å². The van der Waals surface area contributed by atoms with Crippen LogP contribution in [-0.2, 0) is 0 Å². The molecular formula is C15H24ClN3. The number of halogens is 1. The van der Waals surface area contributed by atoms with Crippen LogP contribution in [0.1, 0.15) is 63.7 Å². The fourth-order valence-corrected chi connectivity index (χ4v) is 4.48. The lowest BCUT2D eigenvalue weighted by Gasteiger charge is -2.26. The van der Waals surface area contributed by atoms with E-state index in [0.717, 1.165) is 34.9 Å². The molecule has 1 aromatic heterocycles. The van der Waals surface area contributed by atoms with Gasteiger partial charge in [0.1, 0.15) is 0 Å². The van der Waals surface area contributed by atoms with Gasteiger partial charge in [0.25, 0.3) is 0 Å². The molecule has 3 nitrogen and oxygen atoms in total. The van der Waals surface area contributed by atoms with E-state index in [4.69, 9.17) is 17.3 Å². The number of rotatable bonds is 4. The van der Waals surface area contributed by atoms with Gasteiger partial charge in [0, 0.05) is 12.1 Å². The quantitative estimate of drug-likeness (QED) is 0.908. The Labute approximate surface area is 120 Å². The molecule has 0 aliphatic heterocycles. The molecule has 2 aliphatic carbocycles. The van der Waals surface area contributed by atoms with Gasteiger partial charge < -0.3 is 5.73 Å². The van der Waals surface area contributed by atoms with Crippen LogP contribution >= 0.6 is 11.6 Å². The maximum absolute atomic E-state index is 6.45. The molecule has 19 heavy (non-hydrogen) atoms. The van der Waals surface area contributed by atoms with Crippen molar-refractivity contribution in [1.29, 1.82) is 0 Å². The summed E-state index contributed by atoms with van der Waals surface area (Å²) in [5, 5.41) is 5.09. The van der Waals surface area contributed by atoms with Crippen molar-refractivity contribution < 1.29 is 0 Å². The van der Waals surface area contributed by atoms with Gasteiger partial charge in [-0.1, -0.05) is 18.0 Å². The summed E-state index contributed by atoms with van der Waals surface area (Å²) in [5.41, 5.74) is 7.47. The highest BCUT2D eigenvalue weighted by atomic mass is 35.5. The number of hydrogen-bond donors (Lipinski definition) is 1. The molecule has 0 aromatic carbocycles. The Hall–Kier alpha value is -0.540. The van der Waals surface area contributed by atoms with Crippen molar-refractivity contribution in [2.24, 2.45) is 23.5 Å². The summed E-state index contributed by atoms with van der Waals surface area (Å²) in [4.78, 5) is 0. The van der Waals surface area contributed by atoms with E-state index >= 15 is 0 Å². The van der Waals surface area contributed by atoms with Crippen molar-refractivity contribution in [2.45, 2.75) is 58.0 Å². The summed E-state index contributed by atoms with van der Waals surface area (Å²) in [7, 11) is 0. The van der Waals surface area contributed by atoms with Crippen LogP contribution in [0.4, 0.5) is 0 Å². The van der Waals surface area contributed by atoms with Gasteiger partial charge in [-0.25, -0.2) is 0 Å². The monoisotopic (exact) mass is 281 g/mol. The standard InChI is InChI=1S/C15H24ClN3/c1-9(2)19-15(13(16)8-18-19)14(17)7-12-6-10-3-4-11(12)5-10/h8-12,14H,3-7,17H2,1-2H3. The first-order valence-electron chi connectivity index (χ1n) is 7.54. The lowest BCUT2D eigenvalue weighted by atomic mass is 9.84. The molecule has 4 atom stereocenters. The van der Waals surface area contributed by atoms with Crippen molar-refractivity contribution in [3.63, 3.8) is 0 Å². The normalized spacial score (nSPS) is 31.3. The summed E-state index contributed by atoms with van der Waals surface area (Å²) in [6.45, 7) is 4.24. The number of nitrogens with zero attached hydrogens (tertiary/aromatic N) is 2. The Kier molecular flexibility index (Phi) is 3.61. The molecule has 3 rings (SSSR count). The molecular weight excluding hydrogens is 258 g/mol. The third-order valence-electron chi connectivity index (χ3n) is 5.07. The minimum Gasteiger partial charge on any atom is -0.323 e. The van der Waals surface area contributed by atoms with E-state index in [-0.39, 0.29) is 6.04 Å². The molecule has 2 saturated carbocycles. The maximum Gasteiger partial charge on any atom is 0.0834 e. The number of nitrogens with two attached hydrogens (primary N) is 1. The average Bonchev–Trinajstić information content (AvgIpc) is 3.02. The first-order valence-corrected chi connectivity index (χ1v) is 7.92. The molecule has 0 radical (unpaired) electrons. The van der Waals surface area contributed by atoms with Crippen LogP contribution in [0.3, 0.4) is 0 Å². The van der Waals surface area contributed by atoms with Crippen LogP contribution in [0.15, 0.2) is 6.20 Å². The molecule has 4 unspecified atom stereocenters. The van der Waals surface area contributed by atoms with E-state index in [9.17, 15) is 0 Å². The lowest BCUT2D eigenvalue weighted by Crippen LogP contribution is -2.23. The van der Waals surface area contributed by atoms with E-state index in [1.165, 1.54) is 25.7 Å². The van der Waals surface area contributed by atoms with Gasteiger partial charge in [0.05, 0.1) is 16.9 Å². The Morgan fingerprint density at radius 2 is 2.21 bits per heavy atom. The van der Waals surface area contributed by atoms with E-state index in [1.54, 1.807) is 6.20 Å². The van der Waals surface area contributed by atoms with Crippen LogP contribution in [0.25, 0.3) is 0 Å². The highest BCUT2D eigenvalue weighted by Crippen LogP contribution is 2.50. The predicted octanol–water partition coefficient (Wildman–Crippen LogP) is 3.94. The van der Waals surface area contributed by atoms with Crippen molar-refractivity contribution in [3.8, 4) is 0 Å². The zero-order valence-corrected chi connectivity index (χ0v) is 12.6. The largest absolute Gasteiger partial charge is 0.323 e. The molecule has 2 N–H and O–H groups in total. The second kappa shape index (κ2) is 5.10. The summed E-state index contributed by atoms with van der Waals surface area (Å²) in [5.74, 6) is 2.71. The molecule has 2 aliphatic rings. The summed E-state index contributed by atoms with van der Waals surface area (Å²) < 4.78 is 1.99. The zero-order chi connectivity index (χ0) is 13.6. The minimum atomic E-state index is 0.0294. The van der Waals surface area contributed by atoms with Gasteiger partial charge in [-0.05, 0) is 57.3 Å². The second-order valence-electron chi connectivity index (χ2n) is 6.69. The SMILES string of the molecule is CC(C)n1ncc(Cl)c1C(N)CC1CC2CCC1C2. The molecule has 0 amide bonds. The molecule has 1 aromatic rings. The summed E-state index contributed by atoms with van der Waals surface area (Å²) in [6.07, 6.45) is 8.48. The molecule has 106 valence electrons. The predicted molar refractivity (Wildman–Crippen MR) is 78.1 cm³/mol. The third kappa shape index (κ3) is 2.43. The molecule has 0 saturated heterocycles. The molecule has 1 heterocycles. The first-order chi connectivity index (χ1) is 9.06. The fourth-order valence-electron chi connectivity index (χ4n) is 4.21. The van der Waals surface area contributed by atoms with Crippen molar-refractivity contribution in [3.05, 3.63) is 16.9 Å². The second-order valence-corrected chi connectivity index (χ2v) is 7.10. The Bertz CT molecular complexity index is 454. The van der Waals surface area contributed by atoms with E-state index < -0.39 is 0 Å². The van der Waals surface area contributed by atoms with Crippen LogP contribution in [0, 0.1) is 17.8 Å². The highest BCUT2D eigenvalue weighted by Gasteiger charge is 2.40. The lowest BCUT2D eigenvalue weighted by molar-refractivity contribution is 0.290. The molecule has 2 fully saturated rings. The average molecular weight is 282 g/mol. The van der Waals surface area contributed by atoms with Gasteiger partial charge in [-0.2, -0.15) is 5.10 Å². The summed E-state index contributed by atoms with van der Waals surface area (Å²) >= 11 is 6.29. The van der Waals surface area contributed by atoms with Gasteiger partial charge in [-0.3, -0.25) is 4.68 Å². The number of fused-ring (bicyclic) bond motifs is 2. The molecule has 4 heteroatoms. The van der Waals surface area contributed by atoms with E-state index in [1.807, 2.05) is 4.68 Å². The fraction of sp³-hybridized carbons (Fsp3) is 0.800. The highest BCUT2D eigenvalue weighted by molar-refractivity contribution is 6.31. The van der Waals surface area contributed by atoms with Crippen molar-refractivity contribution in [2.75, 3.05) is 0 Å². The van der Waals surface area contributed by atoms with Crippen molar-refractivity contribution >= 4 is 11.6 Å². The number of aromatic nitrogens is 2. The van der Waals surface area contributed by atoms with Gasteiger partial charge >= 0.3 is 0 Å². The molecule has 0 spiro atoms. The van der Waals surface area contributed by atoms with Crippen molar-refractivity contribution in [1.82, 2.24) is 9.78 Å². The summed E-state index contributed by atoms with van der Waals surface area (Å²) in [6, 6.07) is 0.343. The van der Waals surface area contributed by atoms with Crippen LogP contribution in [0.2, 0.25) is 5.02 Å². The van der Waals surface area contributed by atoms with Crippen LogP contribution < -0.4 is 5.73 Å². The number of hydrogen-bond acceptors (Lipinski definition) is 2. The maximum atomic E-state index is 6.45. The smallest absolute Gasteiger partial charge is 0.0834 e. The van der Waals surface area contributed by atoms with Crippen LogP contribution in [0.5, 0.6) is 0 Å². The van der Waals surface area contributed by atoms with Gasteiger partial charge in [-0.15, -0.1) is 0 Å². The molecule has 2 bridgehead atoms. The first kappa shape index (κ1) is 13.4. The third-order valence-corrected chi connectivity index (χ3v) is 5.36. The Morgan fingerprint density at radius 1 is 1.42 bits per heavy atom. The van der Waals surface area contributed by atoms with Gasteiger partial charge in [0.2, 0.25) is 0 Å².